The first kappa shape index (κ1) is 21.4. The molecule has 0 saturated carbocycles. The molecule has 3 aromatic carbocycles. The van der Waals surface area contributed by atoms with Gasteiger partial charge >= 0.3 is 0 Å². The third kappa shape index (κ3) is 5.05. The fraction of sp³-hybridized carbons (Fsp3) is 0.280. The fourth-order valence-corrected chi connectivity index (χ4v) is 4.24. The summed E-state index contributed by atoms with van der Waals surface area (Å²) in [6.45, 7) is -0.0893. The summed E-state index contributed by atoms with van der Waals surface area (Å²) in [6.07, 6.45) is 0.639. The Morgan fingerprint density at radius 2 is 1.53 bits per heavy atom. The minimum atomic E-state index is -0.472. The number of aliphatic hydroxyl groups is 2. The highest BCUT2D eigenvalue weighted by Gasteiger charge is 2.29. The van der Waals surface area contributed by atoms with Gasteiger partial charge in [0.25, 0.3) is 0 Å². The van der Waals surface area contributed by atoms with Crippen LogP contribution in [0, 0.1) is 0 Å². The third-order valence-corrected chi connectivity index (χ3v) is 6.17. The third-order valence-electron chi connectivity index (χ3n) is 5.55. The van der Waals surface area contributed by atoms with Crippen LogP contribution in [0.2, 0.25) is 10.0 Å². The van der Waals surface area contributed by atoms with Crippen molar-refractivity contribution in [3.63, 3.8) is 0 Å². The molecular formula is C25H24Cl2O3. The largest absolute Gasteiger partial charge is 0.394 e. The van der Waals surface area contributed by atoms with Gasteiger partial charge in [-0.3, -0.25) is 0 Å². The van der Waals surface area contributed by atoms with Crippen LogP contribution < -0.4 is 0 Å². The second-order valence-corrected chi connectivity index (χ2v) is 8.63. The zero-order valence-corrected chi connectivity index (χ0v) is 18.0. The lowest BCUT2D eigenvalue weighted by atomic mass is 9.93. The normalized spacial score (nSPS) is 21.5. The van der Waals surface area contributed by atoms with Crippen LogP contribution in [-0.4, -0.2) is 29.0 Å². The molecule has 5 heteroatoms. The van der Waals surface area contributed by atoms with Crippen molar-refractivity contribution in [2.24, 2.45) is 0 Å². The predicted molar refractivity (Wildman–Crippen MR) is 121 cm³/mol. The van der Waals surface area contributed by atoms with Gasteiger partial charge in [-0.05, 0) is 52.4 Å². The zero-order chi connectivity index (χ0) is 21.1. The minimum absolute atomic E-state index is 0.0893. The lowest BCUT2D eigenvalue weighted by molar-refractivity contribution is -0.113. The molecule has 2 N–H and O–H groups in total. The summed E-state index contributed by atoms with van der Waals surface area (Å²) in [7, 11) is 0. The first-order valence-electron chi connectivity index (χ1n) is 10.1. The molecule has 4 rings (SSSR count). The highest BCUT2D eigenvalue weighted by molar-refractivity contribution is 6.31. The molecule has 0 amide bonds. The Morgan fingerprint density at radius 1 is 0.867 bits per heavy atom. The Balaban J connectivity index is 1.51. The number of aliphatic hydroxyl groups excluding tert-OH is 2. The van der Waals surface area contributed by atoms with E-state index in [1.807, 2.05) is 42.5 Å². The average molecular weight is 443 g/mol. The molecule has 3 unspecified atom stereocenters. The van der Waals surface area contributed by atoms with Crippen LogP contribution in [0.5, 0.6) is 0 Å². The average Bonchev–Trinajstić information content (AvgIpc) is 2.76. The summed E-state index contributed by atoms with van der Waals surface area (Å²) < 4.78 is 5.95. The summed E-state index contributed by atoms with van der Waals surface area (Å²) in [5.74, 6) is 0. The molecular weight excluding hydrogens is 419 g/mol. The van der Waals surface area contributed by atoms with Crippen molar-refractivity contribution in [2.75, 3.05) is 6.61 Å². The first-order valence-corrected chi connectivity index (χ1v) is 10.8. The van der Waals surface area contributed by atoms with E-state index in [1.165, 1.54) is 0 Å². The van der Waals surface area contributed by atoms with Gasteiger partial charge in [-0.1, -0.05) is 71.7 Å². The van der Waals surface area contributed by atoms with E-state index < -0.39 is 6.10 Å². The Labute approximate surface area is 186 Å². The van der Waals surface area contributed by atoms with Gasteiger partial charge in [0.05, 0.1) is 24.9 Å². The quantitative estimate of drug-likeness (QED) is 0.522. The van der Waals surface area contributed by atoms with Crippen LogP contribution in [0.25, 0.3) is 11.1 Å². The van der Waals surface area contributed by atoms with Crippen molar-refractivity contribution >= 4 is 23.2 Å². The van der Waals surface area contributed by atoms with Crippen LogP contribution in [0.3, 0.4) is 0 Å². The monoisotopic (exact) mass is 442 g/mol. The number of hydrogen-bond donors (Lipinski definition) is 2. The van der Waals surface area contributed by atoms with Crippen LogP contribution in [-0.2, 0) is 11.2 Å². The SMILES string of the molecule is OCC1CC(O)CC(c2ccc(Cl)c(Cc3ccc(-c4ccc(Cl)cc4)cc3)c2)O1. The standard InChI is InChI=1S/C25H24Cl2O3/c26-21-8-5-18(6-9-21)17-3-1-16(2-4-17)11-20-12-19(7-10-24(20)27)25-14-22(29)13-23(15-28)30-25/h1-10,12,22-23,25,28-29H,11,13-15H2. The molecule has 3 atom stereocenters. The fourth-order valence-electron chi connectivity index (χ4n) is 3.93. The lowest BCUT2D eigenvalue weighted by Crippen LogP contribution is -2.33. The number of benzene rings is 3. The molecule has 1 saturated heterocycles. The highest BCUT2D eigenvalue weighted by Crippen LogP contribution is 2.34. The maximum absolute atomic E-state index is 10.1. The van der Waals surface area contributed by atoms with Crippen LogP contribution >= 0.6 is 23.2 Å². The number of rotatable bonds is 5. The van der Waals surface area contributed by atoms with Gasteiger partial charge in [0.15, 0.2) is 0 Å². The van der Waals surface area contributed by atoms with E-state index in [1.54, 1.807) is 0 Å². The minimum Gasteiger partial charge on any atom is -0.394 e. The van der Waals surface area contributed by atoms with Crippen molar-refractivity contribution in [1.82, 2.24) is 0 Å². The molecule has 30 heavy (non-hydrogen) atoms. The molecule has 3 nitrogen and oxygen atoms in total. The number of ether oxygens (including phenoxy) is 1. The molecule has 0 radical (unpaired) electrons. The Kier molecular flexibility index (Phi) is 6.77. The molecule has 1 aliphatic rings. The van der Waals surface area contributed by atoms with E-state index in [4.69, 9.17) is 27.9 Å². The molecule has 0 aliphatic carbocycles. The van der Waals surface area contributed by atoms with Crippen molar-refractivity contribution in [1.29, 1.82) is 0 Å². The van der Waals surface area contributed by atoms with E-state index in [2.05, 4.69) is 24.3 Å². The van der Waals surface area contributed by atoms with Gasteiger partial charge in [0, 0.05) is 22.9 Å². The molecule has 1 aliphatic heterocycles. The molecule has 0 bridgehead atoms. The predicted octanol–water partition coefficient (Wildman–Crippen LogP) is 5.82. The molecule has 1 heterocycles. The van der Waals surface area contributed by atoms with Crippen LogP contribution in [0.4, 0.5) is 0 Å². The van der Waals surface area contributed by atoms with E-state index in [-0.39, 0.29) is 18.8 Å². The van der Waals surface area contributed by atoms with E-state index in [9.17, 15) is 10.2 Å². The van der Waals surface area contributed by atoms with Gasteiger partial charge in [0.1, 0.15) is 0 Å². The zero-order valence-electron chi connectivity index (χ0n) is 16.5. The Morgan fingerprint density at radius 3 is 2.20 bits per heavy atom. The van der Waals surface area contributed by atoms with Crippen LogP contribution in [0.15, 0.2) is 66.7 Å². The van der Waals surface area contributed by atoms with Gasteiger partial charge in [0.2, 0.25) is 0 Å². The summed E-state index contributed by atoms with van der Waals surface area (Å²) in [5, 5.41) is 21.0. The van der Waals surface area contributed by atoms with Crippen molar-refractivity contribution in [3.8, 4) is 11.1 Å². The van der Waals surface area contributed by atoms with E-state index >= 15 is 0 Å². The number of halogens is 2. The smallest absolute Gasteiger partial charge is 0.0854 e. The van der Waals surface area contributed by atoms with Gasteiger partial charge in [-0.25, -0.2) is 0 Å². The number of hydrogen-bond acceptors (Lipinski definition) is 3. The Bertz CT molecular complexity index is 986. The molecule has 156 valence electrons. The van der Waals surface area contributed by atoms with E-state index in [0.29, 0.717) is 24.3 Å². The van der Waals surface area contributed by atoms with Crippen LogP contribution in [0.1, 0.15) is 35.6 Å². The second kappa shape index (κ2) is 9.51. The maximum Gasteiger partial charge on any atom is 0.0854 e. The summed E-state index contributed by atoms with van der Waals surface area (Å²) in [4.78, 5) is 0. The summed E-state index contributed by atoms with van der Waals surface area (Å²) >= 11 is 12.4. The lowest BCUT2D eigenvalue weighted by Gasteiger charge is -2.32. The molecule has 0 aromatic heterocycles. The van der Waals surface area contributed by atoms with Gasteiger partial charge in [-0.2, -0.15) is 0 Å². The molecule has 0 spiro atoms. The van der Waals surface area contributed by atoms with Gasteiger partial charge in [-0.15, -0.1) is 0 Å². The highest BCUT2D eigenvalue weighted by atomic mass is 35.5. The first-order chi connectivity index (χ1) is 14.5. The topological polar surface area (TPSA) is 49.7 Å². The molecule has 1 fully saturated rings. The van der Waals surface area contributed by atoms with Gasteiger partial charge < -0.3 is 14.9 Å². The van der Waals surface area contributed by atoms with Crippen molar-refractivity contribution < 1.29 is 14.9 Å². The summed E-state index contributed by atoms with van der Waals surface area (Å²) in [6, 6.07) is 22.1. The maximum atomic E-state index is 10.1. The molecule has 3 aromatic rings. The van der Waals surface area contributed by atoms with E-state index in [0.717, 1.165) is 32.8 Å². The van der Waals surface area contributed by atoms with Crippen molar-refractivity contribution in [2.45, 2.75) is 37.6 Å². The second-order valence-electron chi connectivity index (χ2n) is 7.79. The Hall–Kier alpha value is -1.88. The summed E-state index contributed by atoms with van der Waals surface area (Å²) in [5.41, 5.74) is 5.40. The van der Waals surface area contributed by atoms with Crippen molar-refractivity contribution in [3.05, 3.63) is 93.5 Å².